The van der Waals surface area contributed by atoms with Crippen LogP contribution in [0.25, 0.3) is 0 Å². The molecule has 1 atom stereocenters. The van der Waals surface area contributed by atoms with Crippen LogP contribution >= 0.6 is 0 Å². The summed E-state index contributed by atoms with van der Waals surface area (Å²) >= 11 is 0. The van der Waals surface area contributed by atoms with Crippen molar-refractivity contribution < 1.29 is 9.53 Å². The molecular formula is C16H22N2O2. The summed E-state index contributed by atoms with van der Waals surface area (Å²) in [6, 6.07) is 6.17. The largest absolute Gasteiger partial charge is 0.495 e. The predicted molar refractivity (Wildman–Crippen MR) is 79.4 cm³/mol. The van der Waals surface area contributed by atoms with Crippen LogP contribution in [-0.4, -0.2) is 32.7 Å². The Morgan fingerprint density at radius 1 is 1.40 bits per heavy atom. The fourth-order valence-electron chi connectivity index (χ4n) is 3.72. The number of nitrogens with one attached hydrogen (secondary N) is 1. The van der Waals surface area contributed by atoms with Crippen LogP contribution in [0.1, 0.15) is 31.7 Å². The summed E-state index contributed by atoms with van der Waals surface area (Å²) in [7, 11) is 1.68. The lowest BCUT2D eigenvalue weighted by Crippen LogP contribution is -2.31. The molecule has 1 N–H and O–H groups in total. The summed E-state index contributed by atoms with van der Waals surface area (Å²) in [6.45, 7) is 4.47. The molecule has 2 aliphatic rings. The standard InChI is InChI=1S/C16H22N2O2/c1-12(19)18-10-4-7-16(8-9-17-11-16)13-5-3-6-14(20-2)15(13)18/h3,5-6,17H,4,7-11H2,1-2H3. The summed E-state index contributed by atoms with van der Waals surface area (Å²) in [5.41, 5.74) is 2.42. The molecule has 0 aliphatic carbocycles. The van der Waals surface area contributed by atoms with Crippen LogP contribution < -0.4 is 15.0 Å². The van der Waals surface area contributed by atoms with Crippen molar-refractivity contribution in [3.05, 3.63) is 23.8 Å². The van der Waals surface area contributed by atoms with E-state index in [9.17, 15) is 4.79 Å². The van der Waals surface area contributed by atoms with Crippen molar-refractivity contribution in [3.63, 3.8) is 0 Å². The maximum absolute atomic E-state index is 12.0. The minimum absolute atomic E-state index is 0.0961. The number of carbonyl (C=O) groups is 1. The van der Waals surface area contributed by atoms with Crippen molar-refractivity contribution in [3.8, 4) is 5.75 Å². The second-order valence-corrected chi connectivity index (χ2v) is 5.84. The fraction of sp³-hybridized carbons (Fsp3) is 0.562. The first-order valence-electron chi connectivity index (χ1n) is 7.34. The van der Waals surface area contributed by atoms with E-state index in [1.807, 2.05) is 17.0 Å². The highest BCUT2D eigenvalue weighted by atomic mass is 16.5. The number of para-hydroxylation sites is 1. The number of carbonyl (C=O) groups excluding carboxylic acids is 1. The number of rotatable bonds is 1. The molecular weight excluding hydrogens is 252 g/mol. The van der Waals surface area contributed by atoms with Crippen LogP contribution in [0.2, 0.25) is 0 Å². The van der Waals surface area contributed by atoms with Gasteiger partial charge in [0.2, 0.25) is 5.91 Å². The summed E-state index contributed by atoms with van der Waals surface area (Å²) < 4.78 is 5.54. The number of amides is 1. The predicted octanol–water partition coefficient (Wildman–Crippen LogP) is 2.07. The van der Waals surface area contributed by atoms with E-state index < -0.39 is 0 Å². The molecule has 0 aromatic heterocycles. The van der Waals surface area contributed by atoms with Gasteiger partial charge in [-0.25, -0.2) is 0 Å². The molecule has 20 heavy (non-hydrogen) atoms. The topological polar surface area (TPSA) is 41.6 Å². The van der Waals surface area contributed by atoms with E-state index in [0.29, 0.717) is 0 Å². The number of fused-ring (bicyclic) bond motifs is 2. The molecule has 1 aromatic rings. The van der Waals surface area contributed by atoms with Gasteiger partial charge in [-0.1, -0.05) is 12.1 Å². The zero-order valence-corrected chi connectivity index (χ0v) is 12.2. The fourth-order valence-corrected chi connectivity index (χ4v) is 3.72. The smallest absolute Gasteiger partial charge is 0.223 e. The molecule has 108 valence electrons. The average molecular weight is 274 g/mol. The van der Waals surface area contributed by atoms with Crippen LogP contribution in [-0.2, 0) is 10.2 Å². The maximum Gasteiger partial charge on any atom is 0.223 e. The normalized spacial score (nSPS) is 25.4. The molecule has 0 bridgehead atoms. The zero-order valence-electron chi connectivity index (χ0n) is 12.2. The first-order chi connectivity index (χ1) is 9.68. The molecule has 2 aliphatic heterocycles. The van der Waals surface area contributed by atoms with Crippen molar-refractivity contribution in [1.82, 2.24) is 5.32 Å². The lowest BCUT2D eigenvalue weighted by molar-refractivity contribution is -0.116. The van der Waals surface area contributed by atoms with Crippen molar-refractivity contribution in [2.45, 2.75) is 31.6 Å². The summed E-state index contributed by atoms with van der Waals surface area (Å²) in [5, 5.41) is 3.49. The van der Waals surface area contributed by atoms with Crippen LogP contribution in [0.15, 0.2) is 18.2 Å². The second kappa shape index (κ2) is 5.09. The van der Waals surface area contributed by atoms with Gasteiger partial charge in [-0.3, -0.25) is 4.79 Å². The van der Waals surface area contributed by atoms with E-state index in [0.717, 1.165) is 50.3 Å². The Bertz CT molecular complexity index is 521. The highest BCUT2D eigenvalue weighted by molar-refractivity contribution is 5.94. The van der Waals surface area contributed by atoms with Gasteiger partial charge in [0.1, 0.15) is 5.75 Å². The lowest BCUT2D eigenvalue weighted by Gasteiger charge is -2.30. The minimum Gasteiger partial charge on any atom is -0.495 e. The van der Waals surface area contributed by atoms with E-state index in [1.165, 1.54) is 5.56 Å². The van der Waals surface area contributed by atoms with Gasteiger partial charge in [0.25, 0.3) is 0 Å². The van der Waals surface area contributed by atoms with Gasteiger partial charge in [0.05, 0.1) is 12.8 Å². The Labute approximate surface area is 120 Å². The molecule has 1 unspecified atom stereocenters. The highest BCUT2D eigenvalue weighted by Crippen LogP contribution is 2.46. The molecule has 1 fully saturated rings. The Hall–Kier alpha value is -1.55. The van der Waals surface area contributed by atoms with Gasteiger partial charge >= 0.3 is 0 Å². The first kappa shape index (κ1) is 13.4. The van der Waals surface area contributed by atoms with E-state index in [-0.39, 0.29) is 11.3 Å². The Balaban J connectivity index is 2.19. The molecule has 2 heterocycles. The molecule has 3 rings (SSSR count). The van der Waals surface area contributed by atoms with Gasteiger partial charge < -0.3 is 15.0 Å². The monoisotopic (exact) mass is 274 g/mol. The third-order valence-corrected chi connectivity index (χ3v) is 4.72. The molecule has 0 radical (unpaired) electrons. The van der Waals surface area contributed by atoms with E-state index in [4.69, 9.17) is 4.74 Å². The van der Waals surface area contributed by atoms with Gasteiger partial charge in [0.15, 0.2) is 0 Å². The van der Waals surface area contributed by atoms with E-state index in [2.05, 4.69) is 11.4 Å². The third-order valence-electron chi connectivity index (χ3n) is 4.72. The molecule has 1 spiro atoms. The maximum atomic E-state index is 12.0. The molecule has 4 nitrogen and oxygen atoms in total. The summed E-state index contributed by atoms with van der Waals surface area (Å²) in [6.07, 6.45) is 3.31. The van der Waals surface area contributed by atoms with Crippen molar-refractivity contribution in [2.24, 2.45) is 0 Å². The van der Waals surface area contributed by atoms with Crippen LogP contribution in [0, 0.1) is 0 Å². The van der Waals surface area contributed by atoms with Crippen molar-refractivity contribution in [1.29, 1.82) is 0 Å². The van der Waals surface area contributed by atoms with Gasteiger partial charge in [-0.2, -0.15) is 0 Å². The number of nitrogens with zero attached hydrogens (tertiary/aromatic N) is 1. The summed E-state index contributed by atoms with van der Waals surface area (Å²) in [5.74, 6) is 0.907. The second-order valence-electron chi connectivity index (χ2n) is 5.84. The van der Waals surface area contributed by atoms with Gasteiger partial charge in [-0.15, -0.1) is 0 Å². The minimum atomic E-state index is 0.0961. The SMILES string of the molecule is COc1cccc2c1N(C(C)=O)CCCC21CCNC1. The number of ether oxygens (including phenoxy) is 1. The van der Waals surface area contributed by atoms with Gasteiger partial charge in [-0.05, 0) is 37.4 Å². The van der Waals surface area contributed by atoms with Gasteiger partial charge in [0, 0.05) is 25.4 Å². The number of methoxy groups -OCH3 is 1. The first-order valence-corrected chi connectivity index (χ1v) is 7.34. The van der Waals surface area contributed by atoms with Crippen LogP contribution in [0.3, 0.4) is 0 Å². The van der Waals surface area contributed by atoms with Crippen LogP contribution in [0.4, 0.5) is 5.69 Å². The quantitative estimate of drug-likeness (QED) is 0.852. The third kappa shape index (κ3) is 1.99. The molecule has 4 heteroatoms. The number of anilines is 1. The number of benzene rings is 1. The van der Waals surface area contributed by atoms with Crippen molar-refractivity contribution in [2.75, 3.05) is 31.6 Å². The molecule has 0 saturated carbocycles. The van der Waals surface area contributed by atoms with E-state index >= 15 is 0 Å². The zero-order chi connectivity index (χ0) is 14.2. The molecule has 1 amide bonds. The molecule has 1 saturated heterocycles. The molecule has 1 aromatic carbocycles. The van der Waals surface area contributed by atoms with Crippen LogP contribution in [0.5, 0.6) is 5.75 Å². The summed E-state index contributed by atoms with van der Waals surface area (Å²) in [4.78, 5) is 13.9. The van der Waals surface area contributed by atoms with E-state index in [1.54, 1.807) is 14.0 Å². The Morgan fingerprint density at radius 3 is 2.90 bits per heavy atom. The number of hydrogen-bond acceptors (Lipinski definition) is 3. The highest BCUT2D eigenvalue weighted by Gasteiger charge is 2.41. The number of hydrogen-bond donors (Lipinski definition) is 1. The Kier molecular flexibility index (Phi) is 3.42. The lowest BCUT2D eigenvalue weighted by atomic mass is 9.76. The average Bonchev–Trinajstić information content (AvgIpc) is 2.85. The van der Waals surface area contributed by atoms with Crippen molar-refractivity contribution >= 4 is 11.6 Å². The Morgan fingerprint density at radius 2 is 2.25 bits per heavy atom.